The molecular weight excluding hydrogens is 288 g/mol. The predicted octanol–water partition coefficient (Wildman–Crippen LogP) is 3.46. The van der Waals surface area contributed by atoms with Gasteiger partial charge in [0.15, 0.2) is 0 Å². The zero-order valence-corrected chi connectivity index (χ0v) is 14.3. The minimum atomic E-state index is -0.507. The van der Waals surface area contributed by atoms with E-state index in [1.165, 1.54) is 18.4 Å². The fourth-order valence-electron chi connectivity index (χ4n) is 7.92. The molecule has 0 aromatic carbocycles. The van der Waals surface area contributed by atoms with E-state index in [-0.39, 0.29) is 34.2 Å². The number of hydrogen-bond donors (Lipinski definition) is 1. The van der Waals surface area contributed by atoms with Crippen molar-refractivity contribution in [3.8, 4) is 0 Å². The highest BCUT2D eigenvalue weighted by Crippen LogP contribution is 2.73. The number of aliphatic hydroxyl groups excluding tert-OH is 1. The molecule has 6 rings (SSSR count). The molecule has 6 fully saturated rings. The van der Waals surface area contributed by atoms with Gasteiger partial charge in [0.2, 0.25) is 0 Å². The molecule has 3 heteroatoms. The third-order valence-corrected chi connectivity index (χ3v) is 8.85. The van der Waals surface area contributed by atoms with Crippen LogP contribution in [0, 0.1) is 34.0 Å². The second kappa shape index (κ2) is 4.04. The summed E-state index contributed by atoms with van der Waals surface area (Å²) in [7, 11) is 0. The Kier molecular flexibility index (Phi) is 2.55. The lowest BCUT2D eigenvalue weighted by molar-refractivity contribution is -0.238. The minimum Gasteiger partial charge on any atom is -0.459 e. The van der Waals surface area contributed by atoms with Crippen molar-refractivity contribution in [2.45, 2.75) is 71.0 Å². The van der Waals surface area contributed by atoms with Crippen LogP contribution in [0.15, 0.2) is 12.2 Å². The fourth-order valence-corrected chi connectivity index (χ4v) is 7.92. The maximum absolute atomic E-state index is 12.7. The van der Waals surface area contributed by atoms with E-state index < -0.39 is 6.10 Å². The molecule has 126 valence electrons. The Morgan fingerprint density at radius 3 is 2.78 bits per heavy atom. The standard InChI is InChI=1S/C20H28O3/c1-11-10-20-8-5-12(11)9-13(20)18(2)6-4-7-19(3)15(18)14(16(20)21)23-17(19)22/h12-16,21H,1,4-10H2,2-3H3/t12-,13-,14+,15+,16-,18-,19+,20+/m0/s1. The monoisotopic (exact) mass is 316 g/mol. The molecule has 1 spiro atoms. The zero-order chi connectivity index (χ0) is 16.2. The van der Waals surface area contributed by atoms with Crippen LogP contribution in [-0.2, 0) is 9.53 Å². The largest absolute Gasteiger partial charge is 0.459 e. The number of esters is 1. The summed E-state index contributed by atoms with van der Waals surface area (Å²) in [4.78, 5) is 12.7. The van der Waals surface area contributed by atoms with Crippen molar-refractivity contribution in [1.29, 1.82) is 0 Å². The highest BCUT2D eigenvalue weighted by atomic mass is 16.6. The SMILES string of the molecule is C=C1C[C@]23CC[C@H]1C[C@H]2[C@]1(C)CCC[C@@]2(C)C(=O)O[C@H]([C@H]12)[C@@H]3O. The van der Waals surface area contributed by atoms with Gasteiger partial charge in [-0.3, -0.25) is 4.79 Å². The first-order valence-corrected chi connectivity index (χ1v) is 9.40. The Morgan fingerprint density at radius 2 is 2.04 bits per heavy atom. The van der Waals surface area contributed by atoms with Crippen molar-refractivity contribution in [3.63, 3.8) is 0 Å². The van der Waals surface area contributed by atoms with Crippen molar-refractivity contribution in [2.24, 2.45) is 34.0 Å². The predicted molar refractivity (Wildman–Crippen MR) is 86.5 cm³/mol. The third kappa shape index (κ3) is 1.41. The summed E-state index contributed by atoms with van der Waals surface area (Å²) in [6.07, 6.45) is 6.75. The zero-order valence-electron chi connectivity index (χ0n) is 14.3. The van der Waals surface area contributed by atoms with E-state index in [1.807, 2.05) is 0 Å². The molecule has 1 saturated heterocycles. The number of rotatable bonds is 0. The second-order valence-corrected chi connectivity index (χ2v) is 9.66. The van der Waals surface area contributed by atoms with E-state index in [1.54, 1.807) is 0 Å². The second-order valence-electron chi connectivity index (χ2n) is 9.66. The molecule has 0 aromatic heterocycles. The van der Waals surface area contributed by atoms with E-state index in [0.29, 0.717) is 11.8 Å². The molecule has 3 nitrogen and oxygen atoms in total. The highest BCUT2D eigenvalue weighted by Gasteiger charge is 2.74. The van der Waals surface area contributed by atoms with Gasteiger partial charge >= 0.3 is 5.97 Å². The molecule has 8 atom stereocenters. The van der Waals surface area contributed by atoms with Crippen LogP contribution >= 0.6 is 0 Å². The molecule has 0 radical (unpaired) electrons. The van der Waals surface area contributed by atoms with Gasteiger partial charge in [0.1, 0.15) is 6.10 Å². The van der Waals surface area contributed by atoms with Crippen molar-refractivity contribution in [1.82, 2.24) is 0 Å². The topological polar surface area (TPSA) is 46.5 Å². The molecule has 0 amide bonds. The number of aliphatic hydroxyl groups is 1. The summed E-state index contributed by atoms with van der Waals surface area (Å²) >= 11 is 0. The molecule has 1 N–H and O–H groups in total. The Bertz CT molecular complexity index is 612. The lowest BCUT2D eigenvalue weighted by atomic mass is 9.36. The first-order valence-electron chi connectivity index (χ1n) is 9.40. The van der Waals surface area contributed by atoms with Crippen LogP contribution in [-0.4, -0.2) is 23.3 Å². The van der Waals surface area contributed by atoms with Gasteiger partial charge in [0.05, 0.1) is 11.5 Å². The van der Waals surface area contributed by atoms with Gasteiger partial charge in [-0.15, -0.1) is 0 Å². The van der Waals surface area contributed by atoms with Gasteiger partial charge in [-0.05, 0) is 62.7 Å². The highest BCUT2D eigenvalue weighted by molar-refractivity contribution is 5.80. The van der Waals surface area contributed by atoms with Crippen molar-refractivity contribution >= 4 is 5.97 Å². The van der Waals surface area contributed by atoms with E-state index >= 15 is 0 Å². The van der Waals surface area contributed by atoms with Crippen LogP contribution in [0.4, 0.5) is 0 Å². The molecule has 0 aromatic rings. The normalized spacial score (nSPS) is 60.2. The maximum Gasteiger partial charge on any atom is 0.312 e. The summed E-state index contributed by atoms with van der Waals surface area (Å²) in [5.74, 6) is 1.29. The van der Waals surface area contributed by atoms with Gasteiger partial charge in [0.25, 0.3) is 0 Å². The molecule has 0 unspecified atom stereocenters. The fraction of sp³-hybridized carbons (Fsp3) is 0.850. The average Bonchev–Trinajstić information content (AvgIpc) is 2.79. The van der Waals surface area contributed by atoms with E-state index in [0.717, 1.165) is 32.1 Å². The molecule has 1 heterocycles. The summed E-state index contributed by atoms with van der Waals surface area (Å²) in [5, 5.41) is 11.4. The average molecular weight is 316 g/mol. The molecule has 5 saturated carbocycles. The minimum absolute atomic E-state index is 0.0547. The molecule has 1 aliphatic heterocycles. The van der Waals surface area contributed by atoms with E-state index in [2.05, 4.69) is 20.4 Å². The van der Waals surface area contributed by atoms with Crippen LogP contribution in [0.5, 0.6) is 0 Å². The van der Waals surface area contributed by atoms with Crippen LogP contribution < -0.4 is 0 Å². The lowest BCUT2D eigenvalue weighted by Crippen LogP contribution is -2.68. The van der Waals surface area contributed by atoms with Crippen LogP contribution in [0.1, 0.15) is 58.8 Å². The quantitative estimate of drug-likeness (QED) is 0.550. The number of carbonyl (C=O) groups is 1. The van der Waals surface area contributed by atoms with Gasteiger partial charge in [-0.2, -0.15) is 0 Å². The molecule has 23 heavy (non-hydrogen) atoms. The summed E-state index contributed by atoms with van der Waals surface area (Å²) in [6.45, 7) is 8.82. The van der Waals surface area contributed by atoms with Crippen molar-refractivity contribution in [3.05, 3.63) is 12.2 Å². The summed E-state index contributed by atoms with van der Waals surface area (Å²) in [5.41, 5.74) is 0.984. The van der Waals surface area contributed by atoms with E-state index in [4.69, 9.17) is 4.74 Å². The van der Waals surface area contributed by atoms with Crippen LogP contribution in [0.25, 0.3) is 0 Å². The van der Waals surface area contributed by atoms with Crippen molar-refractivity contribution in [2.75, 3.05) is 0 Å². The van der Waals surface area contributed by atoms with Gasteiger partial charge in [-0.25, -0.2) is 0 Å². The Morgan fingerprint density at radius 1 is 1.26 bits per heavy atom. The molecule has 5 aliphatic carbocycles. The van der Waals surface area contributed by atoms with Crippen molar-refractivity contribution < 1.29 is 14.6 Å². The summed E-state index contributed by atoms with van der Waals surface area (Å²) in [6, 6.07) is 0. The van der Waals surface area contributed by atoms with Gasteiger partial charge < -0.3 is 9.84 Å². The Labute approximate surface area is 138 Å². The number of ether oxygens (including phenoxy) is 1. The number of allylic oxidation sites excluding steroid dienone is 1. The van der Waals surface area contributed by atoms with Gasteiger partial charge in [0, 0.05) is 11.3 Å². The molecular formula is C20H28O3. The summed E-state index contributed by atoms with van der Waals surface area (Å²) < 4.78 is 5.87. The van der Waals surface area contributed by atoms with Crippen LogP contribution in [0.2, 0.25) is 0 Å². The number of hydrogen-bond acceptors (Lipinski definition) is 3. The first-order chi connectivity index (χ1) is 10.8. The maximum atomic E-state index is 12.7. The number of carbonyl (C=O) groups excluding carboxylic acids is 1. The van der Waals surface area contributed by atoms with Crippen LogP contribution in [0.3, 0.4) is 0 Å². The molecule has 2 bridgehead atoms. The van der Waals surface area contributed by atoms with Gasteiger partial charge in [-0.1, -0.05) is 25.5 Å². The molecule has 6 aliphatic rings. The van der Waals surface area contributed by atoms with E-state index in [9.17, 15) is 9.90 Å². The lowest BCUT2D eigenvalue weighted by Gasteiger charge is -2.68. The Hall–Kier alpha value is -0.830. The third-order valence-electron chi connectivity index (χ3n) is 8.85. The smallest absolute Gasteiger partial charge is 0.312 e. The first kappa shape index (κ1) is 14.5. The number of fused-ring (bicyclic) bond motifs is 2. The Balaban J connectivity index is 1.69.